The molecule has 0 aliphatic heterocycles. The lowest BCUT2D eigenvalue weighted by atomic mass is 10.2. The molecule has 0 fully saturated rings. The molecule has 0 aromatic carbocycles. The third-order valence-electron chi connectivity index (χ3n) is 4.88. The fraction of sp³-hybridized carbons (Fsp3) is 0.261. The molecule has 0 saturated carbocycles. The van der Waals surface area contributed by atoms with Crippen LogP contribution in [0, 0.1) is 6.92 Å². The monoisotopic (exact) mass is 470 g/mol. The second-order valence-electron chi connectivity index (χ2n) is 7.68. The Bertz CT molecular complexity index is 1290. The van der Waals surface area contributed by atoms with Crippen molar-refractivity contribution >= 4 is 22.6 Å². The zero-order chi connectivity index (χ0) is 24.1. The van der Waals surface area contributed by atoms with E-state index in [1.807, 2.05) is 6.07 Å². The Morgan fingerprint density at radius 1 is 1.15 bits per heavy atom. The number of alkyl halides is 3. The van der Waals surface area contributed by atoms with Gasteiger partial charge in [0.1, 0.15) is 5.82 Å². The van der Waals surface area contributed by atoms with Crippen LogP contribution in [0.1, 0.15) is 23.1 Å². The van der Waals surface area contributed by atoms with Gasteiger partial charge in [0.15, 0.2) is 0 Å². The van der Waals surface area contributed by atoms with Gasteiger partial charge in [-0.2, -0.15) is 18.3 Å². The number of nitrogens with one attached hydrogen (secondary N) is 1. The number of aryl methyl sites for hydroxylation is 1. The summed E-state index contributed by atoms with van der Waals surface area (Å²) in [4.78, 5) is 24.9. The van der Waals surface area contributed by atoms with Crippen LogP contribution < -0.4 is 10.1 Å². The highest BCUT2D eigenvalue weighted by molar-refractivity contribution is 5.99. The molecule has 4 aromatic rings. The van der Waals surface area contributed by atoms with E-state index in [-0.39, 0.29) is 18.2 Å². The van der Waals surface area contributed by atoms with E-state index in [0.717, 1.165) is 11.1 Å². The first-order valence-electron chi connectivity index (χ1n) is 10.4. The third-order valence-corrected chi connectivity index (χ3v) is 4.88. The molecule has 0 bridgehead atoms. The highest BCUT2D eigenvalue weighted by atomic mass is 19.4. The molecule has 4 rings (SSSR count). The molecule has 0 saturated heterocycles. The molecule has 4 heterocycles. The number of carbonyl (C=O) groups is 1. The van der Waals surface area contributed by atoms with Gasteiger partial charge in [-0.3, -0.25) is 14.5 Å². The van der Waals surface area contributed by atoms with Gasteiger partial charge in [-0.05, 0) is 36.2 Å². The van der Waals surface area contributed by atoms with Gasteiger partial charge in [0.2, 0.25) is 11.8 Å². The molecule has 0 atom stereocenters. The van der Waals surface area contributed by atoms with Gasteiger partial charge in [-0.1, -0.05) is 6.07 Å². The van der Waals surface area contributed by atoms with Gasteiger partial charge in [-0.25, -0.2) is 9.97 Å². The Balaban J connectivity index is 1.44. The molecule has 11 heteroatoms. The lowest BCUT2D eigenvalue weighted by Crippen LogP contribution is -2.15. The zero-order valence-corrected chi connectivity index (χ0v) is 18.2. The lowest BCUT2D eigenvalue weighted by molar-refractivity contribution is -0.139. The van der Waals surface area contributed by atoms with Crippen molar-refractivity contribution in [2.24, 2.45) is 0 Å². The minimum Gasteiger partial charge on any atom is -0.477 e. The van der Waals surface area contributed by atoms with Crippen molar-refractivity contribution in [2.45, 2.75) is 32.5 Å². The van der Waals surface area contributed by atoms with E-state index >= 15 is 0 Å². The number of amides is 1. The Kier molecular flexibility index (Phi) is 6.71. The van der Waals surface area contributed by atoms with Gasteiger partial charge in [0.25, 0.3) is 0 Å². The number of pyridine rings is 3. The van der Waals surface area contributed by atoms with Gasteiger partial charge in [0.05, 0.1) is 36.9 Å². The van der Waals surface area contributed by atoms with Crippen molar-refractivity contribution < 1.29 is 22.7 Å². The maximum atomic E-state index is 12.4. The van der Waals surface area contributed by atoms with Crippen LogP contribution in [0.2, 0.25) is 0 Å². The van der Waals surface area contributed by atoms with E-state index < -0.39 is 19.2 Å². The van der Waals surface area contributed by atoms with Crippen LogP contribution in [0.15, 0.2) is 55.2 Å². The van der Waals surface area contributed by atoms with Gasteiger partial charge < -0.3 is 10.1 Å². The minimum atomic E-state index is -4.28. The van der Waals surface area contributed by atoms with Crippen LogP contribution in [0.5, 0.6) is 5.88 Å². The fourth-order valence-corrected chi connectivity index (χ4v) is 3.35. The van der Waals surface area contributed by atoms with Crippen molar-refractivity contribution in [1.82, 2.24) is 24.7 Å². The molecule has 0 spiro atoms. The number of carbonyl (C=O) groups excluding carboxylic acids is 1. The summed E-state index contributed by atoms with van der Waals surface area (Å²) in [6.07, 6.45) is 3.01. The van der Waals surface area contributed by atoms with Crippen LogP contribution in [-0.2, 0) is 17.8 Å². The molecule has 34 heavy (non-hydrogen) atoms. The van der Waals surface area contributed by atoms with E-state index in [1.54, 1.807) is 54.6 Å². The number of ether oxygens (including phenoxy) is 1. The SMILES string of the molecule is Cc1cc(Cn2cc3c(NC(=O)Cc4cccnc4)nccc3n2)cnc1OCCC(F)(F)F. The Hall–Kier alpha value is -4.02. The van der Waals surface area contributed by atoms with Crippen molar-refractivity contribution in [3.63, 3.8) is 0 Å². The van der Waals surface area contributed by atoms with Crippen molar-refractivity contribution in [2.75, 3.05) is 11.9 Å². The summed E-state index contributed by atoms with van der Waals surface area (Å²) >= 11 is 0. The van der Waals surface area contributed by atoms with E-state index in [9.17, 15) is 18.0 Å². The number of anilines is 1. The average molecular weight is 470 g/mol. The molecule has 0 aliphatic carbocycles. The molecule has 4 aromatic heterocycles. The summed E-state index contributed by atoms with van der Waals surface area (Å²) in [6.45, 7) is 1.61. The molecule has 1 amide bonds. The topological polar surface area (TPSA) is 94.8 Å². The normalized spacial score (nSPS) is 11.5. The number of nitrogens with zero attached hydrogens (tertiary/aromatic N) is 5. The first-order valence-corrected chi connectivity index (χ1v) is 10.4. The van der Waals surface area contributed by atoms with Gasteiger partial charge in [-0.15, -0.1) is 0 Å². The molecular weight excluding hydrogens is 449 g/mol. The van der Waals surface area contributed by atoms with E-state index in [1.165, 1.54) is 6.20 Å². The average Bonchev–Trinajstić information content (AvgIpc) is 3.18. The van der Waals surface area contributed by atoms with E-state index in [2.05, 4.69) is 25.4 Å². The van der Waals surface area contributed by atoms with Crippen molar-refractivity contribution in [3.8, 4) is 5.88 Å². The molecule has 0 radical (unpaired) electrons. The molecule has 0 aliphatic rings. The summed E-state index contributed by atoms with van der Waals surface area (Å²) in [5.74, 6) is 0.350. The maximum absolute atomic E-state index is 12.4. The zero-order valence-electron chi connectivity index (χ0n) is 18.2. The molecular formula is C23H21F3N6O2. The predicted molar refractivity (Wildman–Crippen MR) is 118 cm³/mol. The number of rotatable bonds is 8. The first-order chi connectivity index (χ1) is 16.3. The van der Waals surface area contributed by atoms with Crippen molar-refractivity contribution in [3.05, 3.63) is 71.9 Å². The number of hydrogen-bond donors (Lipinski definition) is 1. The summed E-state index contributed by atoms with van der Waals surface area (Å²) in [6, 6.07) is 7.12. The third kappa shape index (κ3) is 6.06. The Labute approximate surface area is 192 Å². The standard InChI is InChI=1S/C23H21F3N6O2/c1-15-9-17(12-29-22(15)34-8-5-23(24,25)26)13-32-14-18-19(31-32)4-7-28-21(18)30-20(33)10-16-3-2-6-27-11-16/h2-4,6-7,9,11-12,14H,5,8,10,13H2,1H3,(H,28,30,33). The summed E-state index contributed by atoms with van der Waals surface area (Å²) in [7, 11) is 0. The highest BCUT2D eigenvalue weighted by Crippen LogP contribution is 2.23. The van der Waals surface area contributed by atoms with Crippen molar-refractivity contribution in [1.29, 1.82) is 0 Å². The molecule has 176 valence electrons. The quantitative estimate of drug-likeness (QED) is 0.417. The summed E-state index contributed by atoms with van der Waals surface area (Å²) in [5.41, 5.74) is 2.87. The van der Waals surface area contributed by atoms with Gasteiger partial charge in [0, 0.05) is 36.5 Å². The fourth-order valence-electron chi connectivity index (χ4n) is 3.35. The van der Waals surface area contributed by atoms with Crippen LogP contribution >= 0.6 is 0 Å². The smallest absolute Gasteiger partial charge is 0.392 e. The molecule has 8 nitrogen and oxygen atoms in total. The molecule has 0 unspecified atom stereocenters. The highest BCUT2D eigenvalue weighted by Gasteiger charge is 2.27. The van der Waals surface area contributed by atoms with Crippen LogP contribution in [0.3, 0.4) is 0 Å². The van der Waals surface area contributed by atoms with E-state index in [0.29, 0.717) is 28.8 Å². The number of halogens is 3. The number of hydrogen-bond acceptors (Lipinski definition) is 6. The Morgan fingerprint density at radius 3 is 2.74 bits per heavy atom. The maximum Gasteiger partial charge on any atom is 0.392 e. The largest absolute Gasteiger partial charge is 0.477 e. The predicted octanol–water partition coefficient (Wildman–Crippen LogP) is 4.09. The first kappa shape index (κ1) is 23.1. The van der Waals surface area contributed by atoms with Crippen LogP contribution in [-0.4, -0.2) is 43.4 Å². The second-order valence-corrected chi connectivity index (χ2v) is 7.68. The second kappa shape index (κ2) is 9.86. The number of aromatic nitrogens is 5. The van der Waals surface area contributed by atoms with Gasteiger partial charge >= 0.3 is 6.18 Å². The molecule has 1 N–H and O–H groups in total. The minimum absolute atomic E-state index is 0.168. The summed E-state index contributed by atoms with van der Waals surface area (Å²) in [5, 5.41) is 8.02. The Morgan fingerprint density at radius 2 is 2.00 bits per heavy atom. The number of fused-ring (bicyclic) bond motifs is 1. The summed E-state index contributed by atoms with van der Waals surface area (Å²) < 4.78 is 43.8. The van der Waals surface area contributed by atoms with Crippen LogP contribution in [0.4, 0.5) is 19.0 Å². The lowest BCUT2D eigenvalue weighted by Gasteiger charge is -2.11. The van der Waals surface area contributed by atoms with E-state index in [4.69, 9.17) is 4.74 Å². The van der Waals surface area contributed by atoms with Crippen LogP contribution in [0.25, 0.3) is 10.9 Å².